The van der Waals surface area contributed by atoms with Crippen LogP contribution in [0.25, 0.3) is 11.1 Å². The van der Waals surface area contributed by atoms with Crippen molar-refractivity contribution in [3.8, 4) is 0 Å². The highest BCUT2D eigenvalue weighted by atomic mass is 16.5. The van der Waals surface area contributed by atoms with Gasteiger partial charge in [0.1, 0.15) is 0 Å². The van der Waals surface area contributed by atoms with Crippen molar-refractivity contribution in [1.29, 1.82) is 0 Å². The highest BCUT2D eigenvalue weighted by Crippen LogP contribution is 2.19. The van der Waals surface area contributed by atoms with Gasteiger partial charge in [-0.05, 0) is 29.2 Å². The third kappa shape index (κ3) is 2.65. The van der Waals surface area contributed by atoms with Gasteiger partial charge in [-0.2, -0.15) is 0 Å². The first-order chi connectivity index (χ1) is 11.7. The number of pyridine rings is 1. The molecule has 3 aromatic rings. The Bertz CT molecular complexity index is 917. The third-order valence-corrected chi connectivity index (χ3v) is 4.36. The van der Waals surface area contributed by atoms with E-state index in [0.717, 1.165) is 36.2 Å². The number of benzene rings is 1. The summed E-state index contributed by atoms with van der Waals surface area (Å²) in [6.07, 6.45) is 2.26. The average molecular weight is 322 g/mol. The van der Waals surface area contributed by atoms with Crippen LogP contribution in [0.5, 0.6) is 0 Å². The smallest absolute Gasteiger partial charge is 0.257 e. The zero-order chi connectivity index (χ0) is 16.5. The van der Waals surface area contributed by atoms with Crippen molar-refractivity contribution in [3.05, 3.63) is 58.4 Å². The minimum atomic E-state index is -0.147. The number of aromatic nitrogens is 2. The van der Waals surface area contributed by atoms with Gasteiger partial charge >= 0.3 is 0 Å². The molecule has 122 valence electrons. The third-order valence-electron chi connectivity index (χ3n) is 4.36. The normalized spacial score (nSPS) is 13.2. The van der Waals surface area contributed by atoms with Gasteiger partial charge in [0, 0.05) is 25.8 Å². The zero-order valence-corrected chi connectivity index (χ0v) is 13.4. The largest absolute Gasteiger partial charge is 0.348 e. The Morgan fingerprint density at radius 2 is 2.17 bits per heavy atom. The molecule has 1 amide bonds. The van der Waals surface area contributed by atoms with E-state index < -0.39 is 0 Å². The van der Waals surface area contributed by atoms with Gasteiger partial charge in [-0.25, -0.2) is 4.98 Å². The minimum Gasteiger partial charge on any atom is -0.348 e. The number of hydrogen-bond donors (Lipinski definition) is 2. The second-order valence-corrected chi connectivity index (χ2v) is 5.95. The SMILES string of the molecule is CCc1noc2ncc(C(=O)NCc3ccc4c(c3)CNC4)cc12. The molecular weight excluding hydrogens is 304 g/mol. The van der Waals surface area contributed by atoms with Gasteiger partial charge < -0.3 is 15.2 Å². The standard InChI is InChI=1S/C18H18N4O2/c1-2-16-15-6-14(10-21-18(15)24-22-16)17(23)20-7-11-3-4-12-8-19-9-13(12)5-11/h3-6,10,19H,2,7-9H2,1H3,(H,20,23). The molecule has 1 aliphatic rings. The Morgan fingerprint density at radius 1 is 1.29 bits per heavy atom. The van der Waals surface area contributed by atoms with E-state index in [4.69, 9.17) is 4.52 Å². The van der Waals surface area contributed by atoms with Crippen molar-refractivity contribution < 1.29 is 9.32 Å². The fourth-order valence-corrected chi connectivity index (χ4v) is 3.00. The van der Waals surface area contributed by atoms with Gasteiger partial charge in [0.05, 0.1) is 16.6 Å². The lowest BCUT2D eigenvalue weighted by atomic mass is 10.1. The lowest BCUT2D eigenvalue weighted by Crippen LogP contribution is -2.23. The molecule has 4 rings (SSSR count). The monoisotopic (exact) mass is 322 g/mol. The number of carbonyl (C=O) groups is 1. The number of hydrogen-bond acceptors (Lipinski definition) is 5. The predicted molar refractivity (Wildman–Crippen MR) is 89.3 cm³/mol. The fourth-order valence-electron chi connectivity index (χ4n) is 3.00. The summed E-state index contributed by atoms with van der Waals surface area (Å²) >= 11 is 0. The van der Waals surface area contributed by atoms with Crippen molar-refractivity contribution in [1.82, 2.24) is 20.8 Å². The highest BCUT2D eigenvalue weighted by Gasteiger charge is 2.14. The topological polar surface area (TPSA) is 80.0 Å². The molecule has 2 N–H and O–H groups in total. The van der Waals surface area contributed by atoms with E-state index in [2.05, 4.69) is 39.0 Å². The first kappa shape index (κ1) is 14.8. The molecule has 2 aromatic heterocycles. The first-order valence-electron chi connectivity index (χ1n) is 8.08. The summed E-state index contributed by atoms with van der Waals surface area (Å²) in [5.41, 5.74) is 5.54. The predicted octanol–water partition coefficient (Wildman–Crippen LogP) is 2.32. The number of aryl methyl sites for hydroxylation is 1. The van der Waals surface area contributed by atoms with Crippen LogP contribution in [0.3, 0.4) is 0 Å². The Kier molecular flexibility index (Phi) is 3.74. The Balaban J connectivity index is 1.49. The summed E-state index contributed by atoms with van der Waals surface area (Å²) in [6.45, 7) is 4.30. The highest BCUT2D eigenvalue weighted by molar-refractivity contribution is 5.96. The lowest BCUT2D eigenvalue weighted by Gasteiger charge is -2.07. The van der Waals surface area contributed by atoms with E-state index >= 15 is 0 Å². The van der Waals surface area contributed by atoms with Crippen molar-refractivity contribution in [2.75, 3.05) is 0 Å². The van der Waals surface area contributed by atoms with Gasteiger partial charge in [-0.15, -0.1) is 0 Å². The Labute approximate surface area is 139 Å². The minimum absolute atomic E-state index is 0.147. The van der Waals surface area contributed by atoms with Gasteiger partial charge in [-0.1, -0.05) is 30.3 Å². The fraction of sp³-hybridized carbons (Fsp3) is 0.278. The van der Waals surface area contributed by atoms with Crippen LogP contribution in [0.15, 0.2) is 35.0 Å². The first-order valence-corrected chi connectivity index (χ1v) is 8.08. The number of carbonyl (C=O) groups excluding carboxylic acids is 1. The number of rotatable bonds is 4. The molecule has 0 aliphatic carbocycles. The summed E-state index contributed by atoms with van der Waals surface area (Å²) in [4.78, 5) is 16.6. The van der Waals surface area contributed by atoms with Crippen LogP contribution in [0.1, 0.15) is 39.7 Å². The molecule has 0 radical (unpaired) electrons. The van der Waals surface area contributed by atoms with Crippen molar-refractivity contribution in [2.45, 2.75) is 33.0 Å². The second-order valence-electron chi connectivity index (χ2n) is 5.95. The summed E-state index contributed by atoms with van der Waals surface area (Å²) < 4.78 is 5.15. The molecule has 6 heteroatoms. The molecule has 24 heavy (non-hydrogen) atoms. The van der Waals surface area contributed by atoms with Gasteiger partial charge in [-0.3, -0.25) is 4.79 Å². The van der Waals surface area contributed by atoms with Crippen LogP contribution in [-0.4, -0.2) is 16.0 Å². The molecule has 0 fully saturated rings. The van der Waals surface area contributed by atoms with E-state index in [-0.39, 0.29) is 5.91 Å². The van der Waals surface area contributed by atoms with Gasteiger partial charge in [0.2, 0.25) is 0 Å². The molecule has 6 nitrogen and oxygen atoms in total. The van der Waals surface area contributed by atoms with Crippen LogP contribution >= 0.6 is 0 Å². The summed E-state index contributed by atoms with van der Waals surface area (Å²) in [7, 11) is 0. The maximum absolute atomic E-state index is 12.4. The van der Waals surface area contributed by atoms with Crippen LogP contribution in [0, 0.1) is 0 Å². The van der Waals surface area contributed by atoms with Crippen LogP contribution in [0.2, 0.25) is 0 Å². The zero-order valence-electron chi connectivity index (χ0n) is 13.4. The quantitative estimate of drug-likeness (QED) is 0.770. The van der Waals surface area contributed by atoms with Crippen molar-refractivity contribution in [3.63, 3.8) is 0 Å². The summed E-state index contributed by atoms with van der Waals surface area (Å²) in [6, 6.07) is 8.11. The molecule has 0 saturated carbocycles. The Morgan fingerprint density at radius 3 is 3.04 bits per heavy atom. The Hall–Kier alpha value is -2.73. The molecule has 0 spiro atoms. The number of amides is 1. The maximum Gasteiger partial charge on any atom is 0.257 e. The van der Waals surface area contributed by atoms with Crippen LogP contribution in [-0.2, 0) is 26.1 Å². The molecule has 1 aliphatic heterocycles. The molecule has 0 atom stereocenters. The summed E-state index contributed by atoms with van der Waals surface area (Å²) in [5, 5.41) is 11.0. The maximum atomic E-state index is 12.4. The number of nitrogens with zero attached hydrogens (tertiary/aromatic N) is 2. The molecular formula is C18H18N4O2. The van der Waals surface area contributed by atoms with E-state index in [1.165, 1.54) is 17.3 Å². The van der Waals surface area contributed by atoms with E-state index in [1.807, 2.05) is 6.92 Å². The molecule has 0 unspecified atom stereocenters. The van der Waals surface area contributed by atoms with Gasteiger partial charge in [0.15, 0.2) is 0 Å². The van der Waals surface area contributed by atoms with Crippen molar-refractivity contribution in [2.24, 2.45) is 0 Å². The number of nitrogens with one attached hydrogen (secondary N) is 2. The molecule has 0 saturated heterocycles. The molecule has 0 bridgehead atoms. The molecule has 3 heterocycles. The van der Waals surface area contributed by atoms with E-state index in [1.54, 1.807) is 6.07 Å². The van der Waals surface area contributed by atoms with Crippen molar-refractivity contribution >= 4 is 17.0 Å². The molecule has 1 aromatic carbocycles. The van der Waals surface area contributed by atoms with E-state index in [0.29, 0.717) is 17.8 Å². The summed E-state index contributed by atoms with van der Waals surface area (Å²) in [5.74, 6) is -0.147. The van der Waals surface area contributed by atoms with E-state index in [9.17, 15) is 4.79 Å². The number of fused-ring (bicyclic) bond motifs is 2. The second kappa shape index (κ2) is 6.05. The lowest BCUT2D eigenvalue weighted by molar-refractivity contribution is 0.0950. The van der Waals surface area contributed by atoms with Gasteiger partial charge in [0.25, 0.3) is 11.6 Å². The van der Waals surface area contributed by atoms with Crippen LogP contribution < -0.4 is 10.6 Å². The van der Waals surface area contributed by atoms with Crippen LogP contribution in [0.4, 0.5) is 0 Å². The average Bonchev–Trinajstić information content (AvgIpc) is 3.24.